The number of hydrogen-bond acceptors (Lipinski definition) is 3. The summed E-state index contributed by atoms with van der Waals surface area (Å²) in [7, 11) is 6.00. The molecule has 1 aliphatic heterocycles. The van der Waals surface area contributed by atoms with Gasteiger partial charge in [0.25, 0.3) is 0 Å². The Labute approximate surface area is 60.4 Å². The largest absolute Gasteiger partial charge is 0.479 e. The number of ether oxygens (including phenoxy) is 1. The minimum atomic E-state index is -0.852. The van der Waals surface area contributed by atoms with E-state index in [-0.39, 0.29) is 0 Å². The monoisotopic (exact) mass is 147 g/mol. The normalized spacial score (nSPS) is 21.4. The molecule has 0 radical (unpaired) electrons. The van der Waals surface area contributed by atoms with Gasteiger partial charge in [-0.3, -0.25) is 0 Å². The molecule has 0 aliphatic carbocycles. The van der Waals surface area contributed by atoms with Crippen molar-refractivity contribution >= 4 is 5.97 Å². The molecule has 0 aromatic rings. The van der Waals surface area contributed by atoms with Gasteiger partial charge in [0.05, 0.1) is 6.61 Å². The van der Waals surface area contributed by atoms with E-state index in [0.717, 1.165) is 0 Å². The van der Waals surface area contributed by atoms with E-state index in [9.17, 15) is 4.79 Å². The molecule has 60 valence electrons. The third-order valence-corrected chi connectivity index (χ3v) is 0.609. The van der Waals surface area contributed by atoms with Gasteiger partial charge in [-0.25, -0.2) is 4.79 Å². The summed E-state index contributed by atoms with van der Waals surface area (Å²) in [6.45, 7) is 0.398. The number of nitrogens with zero attached hydrogens (tertiary/aromatic N) is 1. The number of carboxylic acid groups (broad SMARTS) is 1. The van der Waals surface area contributed by atoms with Gasteiger partial charge < -0.3 is 14.7 Å². The Kier molecular flexibility index (Phi) is 3.99. The molecule has 0 amide bonds. The Morgan fingerprint density at radius 3 is 1.90 bits per heavy atom. The molecule has 0 spiro atoms. The SMILES string of the molecule is CN(C)C.O=C(O)C1CO1. The van der Waals surface area contributed by atoms with Crippen LogP contribution in [0.25, 0.3) is 0 Å². The fourth-order valence-corrected chi connectivity index (χ4v) is 0.191. The lowest BCUT2D eigenvalue weighted by Gasteiger charge is -1.90. The van der Waals surface area contributed by atoms with Crippen LogP contribution in [0.3, 0.4) is 0 Å². The van der Waals surface area contributed by atoms with Crippen molar-refractivity contribution in [1.29, 1.82) is 0 Å². The van der Waals surface area contributed by atoms with Crippen molar-refractivity contribution in [3.63, 3.8) is 0 Å². The molecule has 1 N–H and O–H groups in total. The zero-order valence-corrected chi connectivity index (χ0v) is 6.50. The van der Waals surface area contributed by atoms with Gasteiger partial charge in [-0.2, -0.15) is 0 Å². The van der Waals surface area contributed by atoms with Gasteiger partial charge in [0.1, 0.15) is 0 Å². The molecule has 0 aromatic carbocycles. The molecule has 1 atom stereocenters. The summed E-state index contributed by atoms with van der Waals surface area (Å²) in [6.07, 6.45) is -0.481. The molecular weight excluding hydrogens is 134 g/mol. The first kappa shape index (κ1) is 9.39. The summed E-state index contributed by atoms with van der Waals surface area (Å²) in [5, 5.41) is 7.93. The first-order chi connectivity index (χ1) is 4.54. The molecule has 1 unspecified atom stereocenters. The molecule has 0 saturated carbocycles. The van der Waals surface area contributed by atoms with Crippen LogP contribution in [-0.4, -0.2) is 49.8 Å². The van der Waals surface area contributed by atoms with Crippen LogP contribution in [0.1, 0.15) is 0 Å². The highest BCUT2D eigenvalue weighted by atomic mass is 16.6. The molecule has 10 heavy (non-hydrogen) atoms. The van der Waals surface area contributed by atoms with Crippen molar-refractivity contribution in [2.75, 3.05) is 27.7 Å². The third-order valence-electron chi connectivity index (χ3n) is 0.609. The Balaban J connectivity index is 0.000000180. The zero-order chi connectivity index (χ0) is 8.15. The molecule has 0 aromatic heterocycles. The summed E-state index contributed by atoms with van der Waals surface area (Å²) >= 11 is 0. The quantitative estimate of drug-likeness (QED) is 0.515. The van der Waals surface area contributed by atoms with E-state index in [4.69, 9.17) is 5.11 Å². The van der Waals surface area contributed by atoms with Crippen LogP contribution in [0, 0.1) is 0 Å². The van der Waals surface area contributed by atoms with Gasteiger partial charge in [0, 0.05) is 0 Å². The summed E-state index contributed by atoms with van der Waals surface area (Å²) in [4.78, 5) is 11.6. The van der Waals surface area contributed by atoms with Gasteiger partial charge in [-0.05, 0) is 21.1 Å². The van der Waals surface area contributed by atoms with E-state index in [1.807, 2.05) is 26.0 Å². The molecule has 0 bridgehead atoms. The lowest BCUT2D eigenvalue weighted by Crippen LogP contribution is -2.02. The average molecular weight is 147 g/mol. The molecular formula is C6H13NO3. The standard InChI is InChI=1S/C3H9N.C3H4O3/c1-4(2)3;4-3(5)2-1-6-2/h1-3H3;2H,1H2,(H,4,5). The maximum atomic E-state index is 9.64. The number of carboxylic acids is 1. The van der Waals surface area contributed by atoms with Crippen LogP contribution in [-0.2, 0) is 9.53 Å². The maximum absolute atomic E-state index is 9.64. The topological polar surface area (TPSA) is 53.1 Å². The predicted molar refractivity (Wildman–Crippen MR) is 37.0 cm³/mol. The van der Waals surface area contributed by atoms with Gasteiger partial charge >= 0.3 is 5.97 Å². The predicted octanol–water partition coefficient (Wildman–Crippen LogP) is -0.352. The fourth-order valence-electron chi connectivity index (χ4n) is 0.191. The van der Waals surface area contributed by atoms with Crippen LogP contribution in [0.2, 0.25) is 0 Å². The summed E-state index contributed by atoms with van der Waals surface area (Å²) in [5.74, 6) is -0.852. The van der Waals surface area contributed by atoms with Gasteiger partial charge in [-0.1, -0.05) is 0 Å². The number of aliphatic carboxylic acids is 1. The van der Waals surface area contributed by atoms with Crippen LogP contribution in [0.4, 0.5) is 0 Å². The fraction of sp³-hybridized carbons (Fsp3) is 0.833. The van der Waals surface area contributed by atoms with Crippen molar-refractivity contribution in [2.24, 2.45) is 0 Å². The molecule has 1 heterocycles. The Morgan fingerprint density at radius 2 is 1.90 bits per heavy atom. The van der Waals surface area contributed by atoms with E-state index >= 15 is 0 Å². The highest BCUT2D eigenvalue weighted by molar-refractivity contribution is 5.74. The minimum Gasteiger partial charge on any atom is -0.479 e. The van der Waals surface area contributed by atoms with Crippen LogP contribution >= 0.6 is 0 Å². The van der Waals surface area contributed by atoms with E-state index in [1.54, 1.807) is 0 Å². The smallest absolute Gasteiger partial charge is 0.335 e. The van der Waals surface area contributed by atoms with Crippen LogP contribution < -0.4 is 0 Å². The van der Waals surface area contributed by atoms with Crippen molar-refractivity contribution in [1.82, 2.24) is 4.90 Å². The van der Waals surface area contributed by atoms with Crippen LogP contribution in [0.5, 0.6) is 0 Å². The zero-order valence-electron chi connectivity index (χ0n) is 6.50. The van der Waals surface area contributed by atoms with Gasteiger partial charge in [-0.15, -0.1) is 0 Å². The van der Waals surface area contributed by atoms with Gasteiger partial charge in [0.15, 0.2) is 6.10 Å². The molecule has 1 fully saturated rings. The van der Waals surface area contributed by atoms with Crippen molar-refractivity contribution in [3.8, 4) is 0 Å². The van der Waals surface area contributed by atoms with Crippen molar-refractivity contribution < 1.29 is 14.6 Å². The first-order valence-electron chi connectivity index (χ1n) is 2.99. The molecule has 1 aliphatic rings. The van der Waals surface area contributed by atoms with Crippen LogP contribution in [0.15, 0.2) is 0 Å². The molecule has 4 heteroatoms. The Hall–Kier alpha value is -0.610. The summed E-state index contributed by atoms with van der Waals surface area (Å²) < 4.78 is 4.37. The lowest BCUT2D eigenvalue weighted by atomic mass is 10.5. The number of epoxide rings is 1. The second-order valence-electron chi connectivity index (χ2n) is 2.50. The minimum absolute atomic E-state index is 0.398. The van der Waals surface area contributed by atoms with E-state index < -0.39 is 12.1 Å². The molecule has 1 rings (SSSR count). The summed E-state index contributed by atoms with van der Waals surface area (Å²) in [6, 6.07) is 0. The second kappa shape index (κ2) is 4.24. The lowest BCUT2D eigenvalue weighted by molar-refractivity contribution is -0.138. The van der Waals surface area contributed by atoms with Crippen molar-refractivity contribution in [3.05, 3.63) is 0 Å². The number of rotatable bonds is 1. The van der Waals surface area contributed by atoms with E-state index in [1.165, 1.54) is 0 Å². The third kappa shape index (κ3) is 7.39. The first-order valence-corrected chi connectivity index (χ1v) is 2.99. The number of carbonyl (C=O) groups is 1. The van der Waals surface area contributed by atoms with E-state index in [0.29, 0.717) is 6.61 Å². The Bertz CT molecular complexity index is 107. The molecule has 4 nitrogen and oxygen atoms in total. The maximum Gasteiger partial charge on any atom is 0.335 e. The van der Waals surface area contributed by atoms with Crippen molar-refractivity contribution in [2.45, 2.75) is 6.10 Å². The number of hydrogen-bond donors (Lipinski definition) is 1. The molecule has 1 saturated heterocycles. The summed E-state index contributed by atoms with van der Waals surface area (Å²) in [5.41, 5.74) is 0. The highest BCUT2D eigenvalue weighted by Crippen LogP contribution is 2.06. The average Bonchev–Trinajstić information content (AvgIpc) is 2.38. The highest BCUT2D eigenvalue weighted by Gasteiger charge is 2.30. The van der Waals surface area contributed by atoms with Gasteiger partial charge in [0.2, 0.25) is 0 Å². The Morgan fingerprint density at radius 1 is 1.60 bits per heavy atom. The second-order valence-corrected chi connectivity index (χ2v) is 2.50. The van der Waals surface area contributed by atoms with E-state index in [2.05, 4.69) is 4.74 Å².